The number of benzene rings is 3. The van der Waals surface area contributed by atoms with E-state index in [0.29, 0.717) is 15.1 Å². The molecule has 0 saturated carbocycles. The van der Waals surface area contributed by atoms with Gasteiger partial charge in [0.2, 0.25) is 0 Å². The molecule has 2 N–H and O–H groups in total. The third-order valence-electron chi connectivity index (χ3n) is 6.72. The first-order valence-electron chi connectivity index (χ1n) is 11.9. The number of likely N-dealkylation sites (tertiary alicyclic amines) is 1. The molecule has 0 atom stereocenters. The smallest absolute Gasteiger partial charge is 0.126 e. The average molecular weight is 534 g/mol. The number of aliphatic hydroxyl groups is 1. The number of piperidine rings is 1. The first-order valence-corrected chi connectivity index (χ1v) is 13.1. The molecule has 0 unspecified atom stereocenters. The minimum atomic E-state index is -0.754. The van der Waals surface area contributed by atoms with E-state index in [2.05, 4.69) is 22.3 Å². The second-order valence-corrected chi connectivity index (χ2v) is 10.3. The molecule has 3 aromatic rings. The van der Waals surface area contributed by atoms with Gasteiger partial charge in [0.1, 0.15) is 5.75 Å². The van der Waals surface area contributed by atoms with Crippen LogP contribution in [0.25, 0.3) is 11.1 Å². The van der Waals surface area contributed by atoms with E-state index in [-0.39, 0.29) is 0 Å². The molecular formula is C28H31Cl3N2O2. The minimum absolute atomic E-state index is 0.602. The number of hydrogen-bond acceptors (Lipinski definition) is 4. The number of ether oxygens (including phenoxy) is 1. The van der Waals surface area contributed by atoms with E-state index >= 15 is 0 Å². The summed E-state index contributed by atoms with van der Waals surface area (Å²) >= 11 is 18.9. The quantitative estimate of drug-likeness (QED) is 0.297. The molecule has 1 saturated heterocycles. The first kappa shape index (κ1) is 26.3. The molecule has 7 heteroatoms. The molecule has 1 aliphatic heterocycles. The molecule has 1 fully saturated rings. The van der Waals surface area contributed by atoms with Gasteiger partial charge in [-0.1, -0.05) is 59.1 Å². The van der Waals surface area contributed by atoms with Crippen molar-refractivity contribution in [2.45, 2.75) is 31.4 Å². The Morgan fingerprint density at radius 3 is 2.31 bits per heavy atom. The third kappa shape index (κ3) is 6.51. The lowest BCUT2D eigenvalue weighted by Crippen LogP contribution is -2.43. The zero-order valence-corrected chi connectivity index (χ0v) is 22.1. The van der Waals surface area contributed by atoms with Crippen LogP contribution in [0.1, 0.15) is 30.4 Å². The molecule has 0 radical (unpaired) electrons. The van der Waals surface area contributed by atoms with E-state index in [1.54, 1.807) is 7.11 Å². The molecule has 1 heterocycles. The van der Waals surface area contributed by atoms with Crippen molar-refractivity contribution in [1.29, 1.82) is 0 Å². The standard InChI is InChI=1S/C28H31Cl3N2O2/c1-35-26-11-6-20(18-23(26)27-24(30)4-2-5-25(27)31)19-32-14-3-15-33-16-12-28(34,13-17-33)21-7-9-22(29)10-8-21/h2,4-11,18,32,34H,3,12-17,19H2,1H3. The van der Waals surface area contributed by atoms with Crippen LogP contribution in [0.2, 0.25) is 15.1 Å². The lowest BCUT2D eigenvalue weighted by Gasteiger charge is -2.38. The van der Waals surface area contributed by atoms with E-state index in [1.807, 2.05) is 48.5 Å². The van der Waals surface area contributed by atoms with Crippen LogP contribution < -0.4 is 10.1 Å². The number of nitrogens with one attached hydrogen (secondary N) is 1. The van der Waals surface area contributed by atoms with Crippen LogP contribution in [0.3, 0.4) is 0 Å². The lowest BCUT2D eigenvalue weighted by molar-refractivity contribution is -0.0259. The first-order chi connectivity index (χ1) is 16.9. The van der Waals surface area contributed by atoms with Gasteiger partial charge >= 0.3 is 0 Å². The Bertz CT molecular complexity index is 1110. The SMILES string of the molecule is COc1ccc(CNCCCN2CCC(O)(c3ccc(Cl)cc3)CC2)cc1-c1c(Cl)cccc1Cl. The van der Waals surface area contributed by atoms with Gasteiger partial charge in [0.25, 0.3) is 0 Å². The summed E-state index contributed by atoms with van der Waals surface area (Å²) in [5.74, 6) is 0.743. The van der Waals surface area contributed by atoms with Gasteiger partial charge in [-0.05, 0) is 79.9 Å². The maximum absolute atomic E-state index is 11.1. The zero-order chi connectivity index (χ0) is 24.8. The summed E-state index contributed by atoms with van der Waals surface area (Å²) in [4.78, 5) is 2.43. The number of halogens is 3. The summed E-state index contributed by atoms with van der Waals surface area (Å²) in [6, 6.07) is 19.2. The fraction of sp³-hybridized carbons (Fsp3) is 0.357. The van der Waals surface area contributed by atoms with E-state index in [9.17, 15) is 5.11 Å². The largest absolute Gasteiger partial charge is 0.496 e. The van der Waals surface area contributed by atoms with Crippen molar-refractivity contribution < 1.29 is 9.84 Å². The number of hydrogen-bond donors (Lipinski definition) is 2. The van der Waals surface area contributed by atoms with Gasteiger partial charge in [-0.2, -0.15) is 0 Å². The van der Waals surface area contributed by atoms with Crippen LogP contribution in [0.5, 0.6) is 5.75 Å². The molecule has 1 aliphatic rings. The highest BCUT2D eigenvalue weighted by Crippen LogP contribution is 2.40. The van der Waals surface area contributed by atoms with Gasteiger partial charge < -0.3 is 20.1 Å². The van der Waals surface area contributed by atoms with Crippen LogP contribution in [0.15, 0.2) is 60.7 Å². The maximum atomic E-state index is 11.1. The molecule has 3 aromatic carbocycles. The number of rotatable bonds is 9. The van der Waals surface area contributed by atoms with E-state index < -0.39 is 5.60 Å². The summed E-state index contributed by atoms with van der Waals surface area (Å²) in [6.07, 6.45) is 2.52. The highest BCUT2D eigenvalue weighted by Gasteiger charge is 2.33. The van der Waals surface area contributed by atoms with Gasteiger partial charge in [-0.3, -0.25) is 0 Å². The van der Waals surface area contributed by atoms with Crippen molar-refractivity contribution in [2.75, 3.05) is 33.3 Å². The molecule has 186 valence electrons. The van der Waals surface area contributed by atoms with Gasteiger partial charge in [0.15, 0.2) is 0 Å². The van der Waals surface area contributed by atoms with Crippen molar-refractivity contribution in [3.63, 3.8) is 0 Å². The van der Waals surface area contributed by atoms with Crippen molar-refractivity contribution in [3.8, 4) is 16.9 Å². The Balaban J connectivity index is 1.25. The van der Waals surface area contributed by atoms with E-state index in [1.165, 1.54) is 0 Å². The topological polar surface area (TPSA) is 44.7 Å². The Hall–Kier alpha value is -1.79. The molecule has 4 nitrogen and oxygen atoms in total. The van der Waals surface area contributed by atoms with Crippen molar-refractivity contribution in [1.82, 2.24) is 10.2 Å². The van der Waals surface area contributed by atoms with E-state index in [4.69, 9.17) is 39.5 Å². The summed E-state index contributed by atoms with van der Waals surface area (Å²) < 4.78 is 5.56. The zero-order valence-electron chi connectivity index (χ0n) is 19.9. The summed E-state index contributed by atoms with van der Waals surface area (Å²) in [6.45, 7) is 4.44. The van der Waals surface area contributed by atoms with Gasteiger partial charge in [-0.15, -0.1) is 0 Å². The maximum Gasteiger partial charge on any atom is 0.126 e. The Kier molecular flexibility index (Phi) is 8.98. The van der Waals surface area contributed by atoms with Crippen molar-refractivity contribution in [3.05, 3.63) is 86.9 Å². The normalized spacial score (nSPS) is 15.8. The van der Waals surface area contributed by atoms with Crippen LogP contribution >= 0.6 is 34.8 Å². The van der Waals surface area contributed by atoms with E-state index in [0.717, 1.165) is 80.0 Å². The molecular weight excluding hydrogens is 503 g/mol. The Morgan fingerprint density at radius 1 is 0.971 bits per heavy atom. The van der Waals surface area contributed by atoms with Crippen LogP contribution in [-0.2, 0) is 12.1 Å². The Morgan fingerprint density at radius 2 is 1.66 bits per heavy atom. The van der Waals surface area contributed by atoms with Gasteiger partial charge in [0.05, 0.1) is 22.8 Å². The summed E-state index contributed by atoms with van der Waals surface area (Å²) in [7, 11) is 1.65. The molecule has 0 spiro atoms. The van der Waals surface area contributed by atoms with Gasteiger partial charge in [-0.25, -0.2) is 0 Å². The number of nitrogens with zero attached hydrogens (tertiary/aromatic N) is 1. The molecule has 35 heavy (non-hydrogen) atoms. The van der Waals surface area contributed by atoms with Crippen LogP contribution in [0, 0.1) is 0 Å². The molecule has 0 aliphatic carbocycles. The van der Waals surface area contributed by atoms with Crippen LogP contribution in [0.4, 0.5) is 0 Å². The van der Waals surface area contributed by atoms with Crippen molar-refractivity contribution in [2.24, 2.45) is 0 Å². The second-order valence-electron chi connectivity index (χ2n) is 9.04. The fourth-order valence-corrected chi connectivity index (χ4v) is 5.40. The second kappa shape index (κ2) is 12.0. The summed E-state index contributed by atoms with van der Waals surface area (Å²) in [5.41, 5.74) is 3.03. The average Bonchev–Trinajstić information content (AvgIpc) is 2.85. The van der Waals surface area contributed by atoms with Crippen LogP contribution in [-0.4, -0.2) is 43.3 Å². The third-order valence-corrected chi connectivity index (χ3v) is 7.60. The monoisotopic (exact) mass is 532 g/mol. The number of methoxy groups -OCH3 is 1. The highest BCUT2D eigenvalue weighted by molar-refractivity contribution is 6.39. The highest BCUT2D eigenvalue weighted by atomic mass is 35.5. The minimum Gasteiger partial charge on any atom is -0.496 e. The predicted molar refractivity (Wildman–Crippen MR) is 146 cm³/mol. The fourth-order valence-electron chi connectivity index (χ4n) is 4.67. The summed E-state index contributed by atoms with van der Waals surface area (Å²) in [5, 5.41) is 16.5. The Labute approximate surface area is 222 Å². The molecule has 4 rings (SSSR count). The van der Waals surface area contributed by atoms with Crippen molar-refractivity contribution >= 4 is 34.8 Å². The van der Waals surface area contributed by atoms with Gasteiger partial charge in [0, 0.05) is 35.8 Å². The lowest BCUT2D eigenvalue weighted by atomic mass is 9.84. The molecule has 0 bridgehead atoms. The molecule has 0 aromatic heterocycles. The predicted octanol–water partition coefficient (Wildman–Crippen LogP) is 6.79. The molecule has 0 amide bonds.